The van der Waals surface area contributed by atoms with E-state index in [9.17, 15) is 9.59 Å². The van der Waals surface area contributed by atoms with Crippen molar-refractivity contribution < 1.29 is 23.8 Å². The van der Waals surface area contributed by atoms with Crippen LogP contribution >= 0.6 is 0 Å². The van der Waals surface area contributed by atoms with Gasteiger partial charge in [-0.05, 0) is 30.5 Å². The monoisotopic (exact) mass is 404 g/mol. The second-order valence-electron chi connectivity index (χ2n) is 7.70. The van der Waals surface area contributed by atoms with Crippen LogP contribution in [0.2, 0.25) is 0 Å². The van der Waals surface area contributed by atoms with Crippen molar-refractivity contribution in [1.82, 2.24) is 10.2 Å². The highest BCUT2D eigenvalue weighted by Crippen LogP contribution is 2.31. The van der Waals surface area contributed by atoms with Crippen LogP contribution in [-0.2, 0) is 19.1 Å². The molecule has 1 aliphatic heterocycles. The third kappa shape index (κ3) is 5.48. The zero-order valence-electron chi connectivity index (χ0n) is 17.4. The average molecular weight is 405 g/mol. The molecule has 1 aliphatic carbocycles. The minimum Gasteiger partial charge on any atom is -0.497 e. The normalized spacial score (nSPS) is 23.8. The van der Waals surface area contributed by atoms with E-state index < -0.39 is 0 Å². The number of nitrogens with zero attached hydrogens (tertiary/aromatic N) is 1. The van der Waals surface area contributed by atoms with Crippen LogP contribution in [0.1, 0.15) is 37.3 Å². The minimum absolute atomic E-state index is 0.0492. The maximum absolute atomic E-state index is 13.0. The maximum Gasteiger partial charge on any atom is 0.309 e. The number of amides is 1. The Balaban J connectivity index is 1.69. The van der Waals surface area contributed by atoms with Gasteiger partial charge in [-0.15, -0.1) is 0 Å². The predicted octanol–water partition coefficient (Wildman–Crippen LogP) is 2.16. The number of morpholine rings is 1. The van der Waals surface area contributed by atoms with Crippen LogP contribution in [0.3, 0.4) is 0 Å². The molecule has 29 heavy (non-hydrogen) atoms. The highest BCUT2D eigenvalue weighted by molar-refractivity contribution is 5.85. The summed E-state index contributed by atoms with van der Waals surface area (Å²) in [7, 11) is 3.04. The minimum atomic E-state index is -0.337. The van der Waals surface area contributed by atoms with Crippen molar-refractivity contribution in [3.05, 3.63) is 29.8 Å². The predicted molar refractivity (Wildman–Crippen MR) is 109 cm³/mol. The molecule has 160 valence electrons. The maximum atomic E-state index is 13.0. The molecule has 7 nitrogen and oxygen atoms in total. The van der Waals surface area contributed by atoms with E-state index in [2.05, 4.69) is 10.2 Å². The third-order valence-electron chi connectivity index (χ3n) is 6.06. The van der Waals surface area contributed by atoms with Crippen molar-refractivity contribution in [2.45, 2.75) is 31.7 Å². The largest absolute Gasteiger partial charge is 0.497 e. The fourth-order valence-electron chi connectivity index (χ4n) is 4.38. The number of methoxy groups -OCH3 is 2. The van der Waals surface area contributed by atoms with Crippen molar-refractivity contribution in [3.63, 3.8) is 0 Å². The molecule has 1 saturated carbocycles. The second kappa shape index (κ2) is 10.6. The van der Waals surface area contributed by atoms with E-state index in [-0.39, 0.29) is 29.8 Å². The number of ether oxygens (including phenoxy) is 3. The highest BCUT2D eigenvalue weighted by Gasteiger charge is 2.36. The van der Waals surface area contributed by atoms with E-state index in [1.807, 2.05) is 24.3 Å². The van der Waals surface area contributed by atoms with Crippen LogP contribution in [0.25, 0.3) is 0 Å². The number of nitrogens with one attached hydrogen (secondary N) is 1. The average Bonchev–Trinajstić information content (AvgIpc) is 2.79. The van der Waals surface area contributed by atoms with Gasteiger partial charge in [0.15, 0.2) is 0 Å². The molecule has 2 fully saturated rings. The SMILES string of the molecule is COC(=O)[C@@H]1CCCC[C@H]1C(=O)NC[C@@H](c1ccc(OC)cc1)N1CCOCC1. The van der Waals surface area contributed by atoms with Crippen molar-refractivity contribution in [2.75, 3.05) is 47.1 Å². The highest BCUT2D eigenvalue weighted by atomic mass is 16.5. The number of esters is 1. The Morgan fingerprint density at radius 2 is 1.76 bits per heavy atom. The first-order chi connectivity index (χ1) is 14.1. The van der Waals surface area contributed by atoms with E-state index in [1.54, 1.807) is 7.11 Å². The van der Waals surface area contributed by atoms with E-state index in [0.717, 1.165) is 50.1 Å². The summed E-state index contributed by atoms with van der Waals surface area (Å²) in [5, 5.41) is 3.13. The van der Waals surface area contributed by atoms with Crippen LogP contribution in [0, 0.1) is 11.8 Å². The second-order valence-corrected chi connectivity index (χ2v) is 7.70. The van der Waals surface area contributed by atoms with Gasteiger partial charge in [0.25, 0.3) is 0 Å². The zero-order valence-corrected chi connectivity index (χ0v) is 17.4. The number of benzene rings is 1. The van der Waals surface area contributed by atoms with Gasteiger partial charge in [0, 0.05) is 19.6 Å². The van der Waals surface area contributed by atoms with Gasteiger partial charge in [-0.1, -0.05) is 25.0 Å². The molecule has 1 heterocycles. The van der Waals surface area contributed by atoms with Crippen molar-refractivity contribution in [1.29, 1.82) is 0 Å². The molecule has 7 heteroatoms. The Morgan fingerprint density at radius 3 is 2.38 bits per heavy atom. The fraction of sp³-hybridized carbons (Fsp3) is 0.636. The molecule has 3 atom stereocenters. The first-order valence-electron chi connectivity index (χ1n) is 10.5. The van der Waals surface area contributed by atoms with E-state index >= 15 is 0 Å². The summed E-state index contributed by atoms with van der Waals surface area (Å²) < 4.78 is 15.7. The molecule has 1 N–H and O–H groups in total. The summed E-state index contributed by atoms with van der Waals surface area (Å²) >= 11 is 0. The summed E-state index contributed by atoms with van der Waals surface area (Å²) in [4.78, 5) is 27.4. The van der Waals surface area contributed by atoms with Crippen molar-refractivity contribution in [2.24, 2.45) is 11.8 Å². The van der Waals surface area contributed by atoms with Gasteiger partial charge >= 0.3 is 5.97 Å². The van der Waals surface area contributed by atoms with Gasteiger partial charge in [0.05, 0.1) is 45.3 Å². The lowest BCUT2D eigenvalue weighted by Crippen LogP contribution is -2.46. The Kier molecular flexibility index (Phi) is 7.89. The summed E-state index contributed by atoms with van der Waals surface area (Å²) in [6, 6.07) is 8.03. The molecule has 0 aromatic heterocycles. The Morgan fingerprint density at radius 1 is 1.10 bits per heavy atom. The molecule has 2 aliphatic rings. The number of carbonyl (C=O) groups excluding carboxylic acids is 2. The van der Waals surface area contributed by atoms with Crippen molar-refractivity contribution in [3.8, 4) is 5.75 Å². The lowest BCUT2D eigenvalue weighted by Gasteiger charge is -2.35. The first-order valence-corrected chi connectivity index (χ1v) is 10.5. The Labute approximate surface area is 172 Å². The molecule has 1 saturated heterocycles. The molecule has 0 unspecified atom stereocenters. The molecular weight excluding hydrogens is 372 g/mol. The van der Waals surface area contributed by atoms with Gasteiger partial charge in [-0.25, -0.2) is 0 Å². The van der Waals surface area contributed by atoms with Gasteiger partial charge in [0.1, 0.15) is 5.75 Å². The van der Waals surface area contributed by atoms with Crippen LogP contribution < -0.4 is 10.1 Å². The molecule has 1 amide bonds. The smallest absolute Gasteiger partial charge is 0.309 e. The zero-order chi connectivity index (χ0) is 20.6. The topological polar surface area (TPSA) is 77.1 Å². The summed E-state index contributed by atoms with van der Waals surface area (Å²) in [5.74, 6) is -0.160. The van der Waals surface area contributed by atoms with Crippen molar-refractivity contribution >= 4 is 11.9 Å². The van der Waals surface area contributed by atoms with Gasteiger partial charge in [-0.3, -0.25) is 14.5 Å². The summed E-state index contributed by atoms with van der Waals surface area (Å²) in [6.45, 7) is 3.51. The fourth-order valence-corrected chi connectivity index (χ4v) is 4.38. The third-order valence-corrected chi connectivity index (χ3v) is 6.06. The number of rotatable bonds is 7. The van der Waals surface area contributed by atoms with E-state index in [0.29, 0.717) is 19.8 Å². The van der Waals surface area contributed by atoms with Crippen LogP contribution in [0.5, 0.6) is 5.75 Å². The molecule has 1 aromatic rings. The molecule has 0 bridgehead atoms. The number of hydrogen-bond acceptors (Lipinski definition) is 6. The number of hydrogen-bond donors (Lipinski definition) is 1. The van der Waals surface area contributed by atoms with Gasteiger partial charge < -0.3 is 19.5 Å². The lowest BCUT2D eigenvalue weighted by molar-refractivity contribution is -0.152. The van der Waals surface area contributed by atoms with E-state index in [4.69, 9.17) is 14.2 Å². The molecular formula is C22H32N2O5. The first kappa shape index (κ1) is 21.6. The lowest BCUT2D eigenvalue weighted by atomic mass is 9.78. The van der Waals surface area contributed by atoms with Gasteiger partial charge in [0.2, 0.25) is 5.91 Å². The Bertz CT molecular complexity index is 672. The van der Waals surface area contributed by atoms with Crippen LogP contribution in [0.15, 0.2) is 24.3 Å². The molecule has 1 aromatic carbocycles. The molecule has 0 spiro atoms. The summed E-state index contributed by atoms with van der Waals surface area (Å²) in [5.41, 5.74) is 1.13. The molecule has 0 radical (unpaired) electrons. The van der Waals surface area contributed by atoms with E-state index in [1.165, 1.54) is 7.11 Å². The quantitative estimate of drug-likeness (QED) is 0.702. The van der Waals surface area contributed by atoms with Gasteiger partial charge in [-0.2, -0.15) is 0 Å². The molecule has 3 rings (SSSR count). The van der Waals surface area contributed by atoms with Crippen LogP contribution in [-0.4, -0.2) is 63.8 Å². The number of carbonyl (C=O) groups is 2. The Hall–Kier alpha value is -2.12. The van der Waals surface area contributed by atoms with Crippen LogP contribution in [0.4, 0.5) is 0 Å². The standard InChI is InChI=1S/C22H32N2O5/c1-27-17-9-7-16(8-10-17)20(24-11-13-29-14-12-24)15-23-21(25)18-5-3-4-6-19(18)22(26)28-2/h7-10,18-20H,3-6,11-15H2,1-2H3,(H,23,25)/t18-,19-,20+/m1/s1. The summed E-state index contributed by atoms with van der Waals surface area (Å²) in [6.07, 6.45) is 3.38.